The summed E-state index contributed by atoms with van der Waals surface area (Å²) in [5.41, 5.74) is 2.21. The Morgan fingerprint density at radius 3 is 2.55 bits per heavy atom. The number of carbonyl (C=O) groups is 1. The van der Waals surface area contributed by atoms with Crippen molar-refractivity contribution < 1.29 is 4.79 Å². The van der Waals surface area contributed by atoms with Gasteiger partial charge in [-0.2, -0.15) is 0 Å². The molecule has 0 fully saturated rings. The fourth-order valence-corrected chi connectivity index (χ4v) is 2.88. The van der Waals surface area contributed by atoms with E-state index in [9.17, 15) is 4.79 Å². The van der Waals surface area contributed by atoms with Gasteiger partial charge in [0.2, 0.25) is 5.95 Å². The zero-order valence-electron chi connectivity index (χ0n) is 11.8. The first-order chi connectivity index (χ1) is 10.6. The van der Waals surface area contributed by atoms with Gasteiger partial charge in [0.05, 0.1) is 11.0 Å². The second-order valence-corrected chi connectivity index (χ2v) is 5.65. The van der Waals surface area contributed by atoms with Crippen LogP contribution in [0.15, 0.2) is 42.5 Å². The van der Waals surface area contributed by atoms with Crippen LogP contribution < -0.4 is 5.32 Å². The first kappa shape index (κ1) is 14.9. The Labute approximate surface area is 137 Å². The lowest BCUT2D eigenvalue weighted by atomic mass is 10.2. The first-order valence-corrected chi connectivity index (χ1v) is 7.57. The molecule has 1 aromatic heterocycles. The second kappa shape index (κ2) is 5.99. The molecule has 1 N–H and O–H groups in total. The molecule has 0 aliphatic heterocycles. The molecule has 0 spiro atoms. The molecular formula is C16H13Cl2N3O. The third-order valence-electron chi connectivity index (χ3n) is 3.32. The highest BCUT2D eigenvalue weighted by Gasteiger charge is 2.14. The summed E-state index contributed by atoms with van der Waals surface area (Å²) < 4.78 is 1.94. The topological polar surface area (TPSA) is 46.9 Å². The van der Waals surface area contributed by atoms with Crippen molar-refractivity contribution in [3.63, 3.8) is 0 Å². The number of benzene rings is 2. The number of nitrogens with zero attached hydrogens (tertiary/aromatic N) is 2. The molecule has 22 heavy (non-hydrogen) atoms. The Balaban J connectivity index is 1.97. The number of nitrogens with one attached hydrogen (secondary N) is 1. The molecule has 0 aliphatic rings. The number of halogens is 2. The van der Waals surface area contributed by atoms with Gasteiger partial charge in [-0.25, -0.2) is 4.98 Å². The second-order valence-electron chi connectivity index (χ2n) is 4.78. The van der Waals surface area contributed by atoms with Crippen LogP contribution in [0.3, 0.4) is 0 Å². The van der Waals surface area contributed by atoms with E-state index in [1.165, 1.54) is 0 Å². The number of aryl methyl sites for hydroxylation is 1. The van der Waals surface area contributed by atoms with Gasteiger partial charge < -0.3 is 4.57 Å². The molecule has 0 aliphatic carbocycles. The highest BCUT2D eigenvalue weighted by Crippen LogP contribution is 2.22. The Hall–Kier alpha value is -2.04. The number of carbonyl (C=O) groups excluding carboxylic acids is 1. The molecule has 0 atom stereocenters. The van der Waals surface area contributed by atoms with E-state index in [1.54, 1.807) is 18.2 Å². The number of hydrogen-bond donors (Lipinski definition) is 1. The van der Waals surface area contributed by atoms with E-state index >= 15 is 0 Å². The average molecular weight is 334 g/mol. The lowest BCUT2D eigenvalue weighted by Gasteiger charge is -2.08. The number of aromatic nitrogens is 2. The number of hydrogen-bond acceptors (Lipinski definition) is 2. The normalized spacial score (nSPS) is 10.9. The van der Waals surface area contributed by atoms with Gasteiger partial charge in [-0.1, -0.05) is 35.3 Å². The van der Waals surface area contributed by atoms with Gasteiger partial charge >= 0.3 is 0 Å². The van der Waals surface area contributed by atoms with Gasteiger partial charge in [-0.05, 0) is 37.3 Å². The maximum Gasteiger partial charge on any atom is 0.258 e. The van der Waals surface area contributed by atoms with Crippen LogP contribution in [0.25, 0.3) is 11.0 Å². The maximum atomic E-state index is 12.4. The standard InChI is InChI=1S/C16H13Cl2N3O/c1-2-21-14-6-4-3-5-13(14)19-16(21)20-15(22)10-7-11(17)9-12(18)8-10/h3-9H,2H2,1H3,(H,19,20,22). The maximum absolute atomic E-state index is 12.4. The van der Waals surface area contributed by atoms with Gasteiger partial charge in [-0.15, -0.1) is 0 Å². The minimum Gasteiger partial charge on any atom is -0.310 e. The molecule has 0 saturated carbocycles. The van der Waals surface area contributed by atoms with Crippen molar-refractivity contribution in [1.82, 2.24) is 9.55 Å². The summed E-state index contributed by atoms with van der Waals surface area (Å²) in [5.74, 6) is 0.208. The van der Waals surface area contributed by atoms with Gasteiger partial charge in [0.1, 0.15) is 0 Å². The van der Waals surface area contributed by atoms with E-state index < -0.39 is 0 Å². The highest BCUT2D eigenvalue weighted by molar-refractivity contribution is 6.35. The lowest BCUT2D eigenvalue weighted by Crippen LogP contribution is -2.15. The molecule has 0 radical (unpaired) electrons. The average Bonchev–Trinajstić information content (AvgIpc) is 2.83. The van der Waals surface area contributed by atoms with Crippen molar-refractivity contribution in [2.45, 2.75) is 13.5 Å². The summed E-state index contributed by atoms with van der Waals surface area (Å²) in [6.45, 7) is 2.70. The number of amides is 1. The van der Waals surface area contributed by atoms with Crippen LogP contribution in [0.2, 0.25) is 10.0 Å². The summed E-state index contributed by atoms with van der Waals surface area (Å²) in [6, 6.07) is 12.5. The third-order valence-corrected chi connectivity index (χ3v) is 3.76. The minimum absolute atomic E-state index is 0.297. The van der Waals surface area contributed by atoms with E-state index in [-0.39, 0.29) is 5.91 Å². The summed E-state index contributed by atoms with van der Waals surface area (Å²) in [4.78, 5) is 16.8. The van der Waals surface area contributed by atoms with Crippen LogP contribution in [0.4, 0.5) is 5.95 Å². The zero-order valence-corrected chi connectivity index (χ0v) is 13.3. The Morgan fingerprint density at radius 1 is 1.18 bits per heavy atom. The van der Waals surface area contributed by atoms with Gasteiger partial charge in [-0.3, -0.25) is 10.1 Å². The molecule has 112 valence electrons. The van der Waals surface area contributed by atoms with Gasteiger partial charge in [0.25, 0.3) is 5.91 Å². The molecule has 3 aromatic rings. The van der Waals surface area contributed by atoms with Crippen molar-refractivity contribution >= 4 is 46.1 Å². The van der Waals surface area contributed by atoms with E-state index in [2.05, 4.69) is 10.3 Å². The molecule has 1 heterocycles. The van der Waals surface area contributed by atoms with E-state index in [0.29, 0.717) is 28.1 Å². The molecule has 6 heteroatoms. The third kappa shape index (κ3) is 2.80. The van der Waals surface area contributed by atoms with Crippen LogP contribution in [0, 0.1) is 0 Å². The minimum atomic E-state index is -0.297. The van der Waals surface area contributed by atoms with Crippen LogP contribution in [-0.2, 0) is 6.54 Å². The van der Waals surface area contributed by atoms with Crippen LogP contribution in [-0.4, -0.2) is 15.5 Å². The van der Waals surface area contributed by atoms with Crippen molar-refractivity contribution in [2.75, 3.05) is 5.32 Å². The molecule has 0 bridgehead atoms. The smallest absolute Gasteiger partial charge is 0.258 e. The van der Waals surface area contributed by atoms with Gasteiger partial charge in [0.15, 0.2) is 0 Å². The number of para-hydroxylation sites is 2. The fourth-order valence-electron chi connectivity index (χ4n) is 2.35. The molecule has 1 amide bonds. The number of imidazole rings is 1. The van der Waals surface area contributed by atoms with Crippen molar-refractivity contribution in [1.29, 1.82) is 0 Å². The van der Waals surface area contributed by atoms with Crippen LogP contribution in [0.5, 0.6) is 0 Å². The first-order valence-electron chi connectivity index (χ1n) is 6.81. The summed E-state index contributed by atoms with van der Waals surface area (Å²) in [5, 5.41) is 3.65. The van der Waals surface area contributed by atoms with Crippen molar-refractivity contribution in [2.24, 2.45) is 0 Å². The summed E-state index contributed by atoms with van der Waals surface area (Å²) in [7, 11) is 0. The predicted molar refractivity (Wildman–Crippen MR) is 89.8 cm³/mol. The lowest BCUT2D eigenvalue weighted by molar-refractivity contribution is 0.102. The Kier molecular flexibility index (Phi) is 4.05. The molecule has 2 aromatic carbocycles. The molecule has 0 saturated heterocycles. The molecule has 3 rings (SSSR count). The molecule has 4 nitrogen and oxygen atoms in total. The van der Waals surface area contributed by atoms with Crippen LogP contribution in [0.1, 0.15) is 17.3 Å². The number of fused-ring (bicyclic) bond motifs is 1. The molecular weight excluding hydrogens is 321 g/mol. The highest BCUT2D eigenvalue weighted by atomic mass is 35.5. The zero-order chi connectivity index (χ0) is 15.7. The van der Waals surface area contributed by atoms with Crippen molar-refractivity contribution in [3.8, 4) is 0 Å². The Morgan fingerprint density at radius 2 is 1.86 bits per heavy atom. The quantitative estimate of drug-likeness (QED) is 0.760. The molecule has 0 unspecified atom stereocenters. The van der Waals surface area contributed by atoms with Gasteiger partial charge in [0, 0.05) is 22.2 Å². The number of rotatable bonds is 3. The SMILES string of the molecule is CCn1c(NC(=O)c2cc(Cl)cc(Cl)c2)nc2ccccc21. The summed E-state index contributed by atoms with van der Waals surface area (Å²) >= 11 is 11.9. The Bertz CT molecular complexity index is 837. The largest absolute Gasteiger partial charge is 0.310 e. The van der Waals surface area contributed by atoms with E-state index in [1.807, 2.05) is 35.8 Å². The van der Waals surface area contributed by atoms with Crippen molar-refractivity contribution in [3.05, 3.63) is 58.1 Å². The van der Waals surface area contributed by atoms with Crippen LogP contribution >= 0.6 is 23.2 Å². The van der Waals surface area contributed by atoms with E-state index in [0.717, 1.165) is 11.0 Å². The number of anilines is 1. The fraction of sp³-hybridized carbons (Fsp3) is 0.125. The summed E-state index contributed by atoms with van der Waals surface area (Å²) in [6.07, 6.45) is 0. The van der Waals surface area contributed by atoms with E-state index in [4.69, 9.17) is 23.2 Å². The monoisotopic (exact) mass is 333 g/mol. The predicted octanol–water partition coefficient (Wildman–Crippen LogP) is 4.62.